The van der Waals surface area contributed by atoms with E-state index in [0.29, 0.717) is 17.0 Å². The Morgan fingerprint density at radius 1 is 0.844 bits per heavy atom. The van der Waals surface area contributed by atoms with Gasteiger partial charge in [0.2, 0.25) is 0 Å². The molecule has 0 unspecified atom stereocenters. The average molecular weight is 444 g/mol. The minimum absolute atomic E-state index is 0.283. The van der Waals surface area contributed by atoms with E-state index in [1.807, 2.05) is 0 Å². The number of rotatable bonds is 7. The van der Waals surface area contributed by atoms with E-state index in [4.69, 9.17) is 9.47 Å². The highest BCUT2D eigenvalue weighted by Crippen LogP contribution is 2.34. The van der Waals surface area contributed by atoms with Gasteiger partial charge in [0.1, 0.15) is 11.5 Å². The number of methoxy groups -OCH3 is 1. The summed E-state index contributed by atoms with van der Waals surface area (Å²) in [4.78, 5) is 24.3. The highest BCUT2D eigenvalue weighted by molar-refractivity contribution is 6.04. The van der Waals surface area contributed by atoms with Gasteiger partial charge in [-0.15, -0.1) is 0 Å². The molecule has 0 aliphatic carbocycles. The molecule has 6 nitrogen and oxygen atoms in total. The normalized spacial score (nSPS) is 10.9. The second-order valence-corrected chi connectivity index (χ2v) is 6.59. The van der Waals surface area contributed by atoms with Crippen molar-refractivity contribution in [3.05, 3.63) is 83.9 Å². The zero-order valence-electron chi connectivity index (χ0n) is 16.9. The number of nitrogens with one attached hydrogen (secondary N) is 2. The highest BCUT2D eigenvalue weighted by atomic mass is 19.4. The zero-order chi connectivity index (χ0) is 23.1. The van der Waals surface area contributed by atoms with Crippen LogP contribution < -0.4 is 20.1 Å². The Kier molecular flexibility index (Phi) is 6.99. The van der Waals surface area contributed by atoms with Crippen molar-refractivity contribution in [2.45, 2.75) is 6.18 Å². The Labute approximate surface area is 182 Å². The molecule has 0 aliphatic heterocycles. The van der Waals surface area contributed by atoms with Gasteiger partial charge in [-0.25, -0.2) is 0 Å². The first-order valence-electron chi connectivity index (χ1n) is 9.40. The van der Waals surface area contributed by atoms with E-state index in [2.05, 4.69) is 10.6 Å². The number of carbonyl (C=O) groups is 2. The topological polar surface area (TPSA) is 76.7 Å². The Morgan fingerprint density at radius 3 is 2.09 bits per heavy atom. The number of carbonyl (C=O) groups excluding carboxylic acids is 2. The molecular formula is C23H19F3N2O4. The van der Waals surface area contributed by atoms with Crippen LogP contribution in [0.3, 0.4) is 0 Å². The fourth-order valence-electron chi connectivity index (χ4n) is 2.75. The molecule has 0 atom stereocenters. The average Bonchev–Trinajstić information content (AvgIpc) is 2.78. The minimum atomic E-state index is -4.59. The number of hydrogen-bond acceptors (Lipinski definition) is 4. The van der Waals surface area contributed by atoms with E-state index in [0.717, 1.165) is 12.1 Å². The van der Waals surface area contributed by atoms with Crippen LogP contribution in [-0.4, -0.2) is 25.5 Å². The van der Waals surface area contributed by atoms with Crippen molar-refractivity contribution in [1.29, 1.82) is 0 Å². The third-order valence-electron chi connectivity index (χ3n) is 4.34. The number of alkyl halides is 3. The summed E-state index contributed by atoms with van der Waals surface area (Å²) in [6.45, 7) is -0.496. The number of halogens is 3. The number of benzene rings is 3. The van der Waals surface area contributed by atoms with Gasteiger partial charge in [0.05, 0.1) is 18.4 Å². The summed E-state index contributed by atoms with van der Waals surface area (Å²) in [5.74, 6) is -0.146. The van der Waals surface area contributed by atoms with Crippen molar-refractivity contribution in [3.8, 4) is 11.5 Å². The quantitative estimate of drug-likeness (QED) is 0.539. The Balaban J connectivity index is 1.54. The molecule has 3 aromatic carbocycles. The summed E-state index contributed by atoms with van der Waals surface area (Å²) < 4.78 is 49.4. The van der Waals surface area contributed by atoms with Crippen molar-refractivity contribution in [2.24, 2.45) is 0 Å². The molecule has 0 radical (unpaired) electrons. The second kappa shape index (κ2) is 9.86. The summed E-state index contributed by atoms with van der Waals surface area (Å²) in [5, 5.41) is 4.93. The molecule has 0 aromatic heterocycles. The van der Waals surface area contributed by atoms with Crippen molar-refractivity contribution in [2.75, 3.05) is 24.4 Å². The van der Waals surface area contributed by atoms with Gasteiger partial charge in [0.15, 0.2) is 6.61 Å². The number of para-hydroxylation sites is 1. The van der Waals surface area contributed by atoms with Crippen LogP contribution in [0.15, 0.2) is 72.8 Å². The van der Waals surface area contributed by atoms with E-state index >= 15 is 0 Å². The largest absolute Gasteiger partial charge is 0.497 e. The number of hydrogen-bond donors (Lipinski definition) is 2. The molecule has 2 N–H and O–H groups in total. The molecule has 9 heteroatoms. The summed E-state index contributed by atoms with van der Waals surface area (Å²) in [6, 6.07) is 17.5. The van der Waals surface area contributed by atoms with Crippen LogP contribution in [-0.2, 0) is 11.0 Å². The Morgan fingerprint density at radius 2 is 1.47 bits per heavy atom. The van der Waals surface area contributed by atoms with Gasteiger partial charge in [-0.3, -0.25) is 9.59 Å². The lowest BCUT2D eigenvalue weighted by molar-refractivity contribution is -0.137. The first-order chi connectivity index (χ1) is 15.3. The molecule has 2 amide bonds. The maximum absolute atomic E-state index is 13.0. The van der Waals surface area contributed by atoms with Crippen LogP contribution >= 0.6 is 0 Å². The first kappa shape index (κ1) is 22.7. The molecule has 32 heavy (non-hydrogen) atoms. The second-order valence-electron chi connectivity index (χ2n) is 6.59. The molecule has 0 heterocycles. The lowest BCUT2D eigenvalue weighted by atomic mass is 10.1. The molecule has 166 valence electrons. The summed E-state index contributed by atoms with van der Waals surface area (Å²) in [6.07, 6.45) is -4.59. The van der Waals surface area contributed by atoms with Crippen molar-refractivity contribution >= 4 is 23.2 Å². The lowest BCUT2D eigenvalue weighted by Gasteiger charge is -2.14. The maximum Gasteiger partial charge on any atom is 0.418 e. The van der Waals surface area contributed by atoms with E-state index in [-0.39, 0.29) is 17.3 Å². The highest BCUT2D eigenvalue weighted by Gasteiger charge is 2.33. The molecule has 3 aromatic rings. The molecule has 0 saturated heterocycles. The van der Waals surface area contributed by atoms with Gasteiger partial charge in [-0.2, -0.15) is 13.2 Å². The smallest absolute Gasteiger partial charge is 0.418 e. The fourth-order valence-corrected chi connectivity index (χ4v) is 2.75. The maximum atomic E-state index is 13.0. The summed E-state index contributed by atoms with van der Waals surface area (Å²) in [7, 11) is 1.54. The predicted molar refractivity (Wildman–Crippen MR) is 113 cm³/mol. The van der Waals surface area contributed by atoms with Crippen LogP contribution in [0.4, 0.5) is 24.5 Å². The molecule has 0 aliphatic rings. The standard InChI is InChI=1S/C23H19F3N2O4/c1-31-17-12-8-16(9-13-17)27-22(30)15-6-10-18(11-7-15)32-14-21(29)28-20-5-3-2-4-19(20)23(24,25)26/h2-13H,14H2,1H3,(H,27,30)(H,28,29). The third-order valence-corrected chi connectivity index (χ3v) is 4.34. The molecule has 0 bridgehead atoms. The molecule has 3 rings (SSSR count). The Bertz CT molecular complexity index is 1080. The van der Waals surface area contributed by atoms with Crippen LogP contribution in [0.5, 0.6) is 11.5 Å². The van der Waals surface area contributed by atoms with Gasteiger partial charge in [0, 0.05) is 11.3 Å². The number of ether oxygens (including phenoxy) is 2. The summed E-state index contributed by atoms with van der Waals surface area (Å²) >= 11 is 0. The van der Waals surface area contributed by atoms with Gasteiger partial charge < -0.3 is 20.1 Å². The van der Waals surface area contributed by atoms with Gasteiger partial charge >= 0.3 is 6.18 Å². The van der Waals surface area contributed by atoms with E-state index in [1.54, 1.807) is 31.4 Å². The predicted octanol–water partition coefficient (Wildman–Crippen LogP) is 4.98. The SMILES string of the molecule is COc1ccc(NC(=O)c2ccc(OCC(=O)Nc3ccccc3C(F)(F)F)cc2)cc1. The van der Waals surface area contributed by atoms with Gasteiger partial charge in [-0.1, -0.05) is 12.1 Å². The van der Waals surface area contributed by atoms with Crippen LogP contribution in [0, 0.1) is 0 Å². The summed E-state index contributed by atoms with van der Waals surface area (Å²) in [5.41, 5.74) is -0.344. The molecular weight excluding hydrogens is 425 g/mol. The molecule has 0 saturated carbocycles. The Hall–Kier alpha value is -4.01. The fraction of sp³-hybridized carbons (Fsp3) is 0.130. The van der Waals surface area contributed by atoms with Gasteiger partial charge in [-0.05, 0) is 60.7 Å². The van der Waals surface area contributed by atoms with Gasteiger partial charge in [0.25, 0.3) is 11.8 Å². The monoisotopic (exact) mass is 444 g/mol. The number of amides is 2. The minimum Gasteiger partial charge on any atom is -0.497 e. The van der Waals surface area contributed by atoms with Crippen LogP contribution in [0.25, 0.3) is 0 Å². The van der Waals surface area contributed by atoms with Crippen LogP contribution in [0.1, 0.15) is 15.9 Å². The third kappa shape index (κ3) is 6.00. The van der Waals surface area contributed by atoms with E-state index in [9.17, 15) is 22.8 Å². The van der Waals surface area contributed by atoms with Crippen molar-refractivity contribution in [3.63, 3.8) is 0 Å². The molecule has 0 fully saturated rings. The van der Waals surface area contributed by atoms with E-state index < -0.39 is 24.3 Å². The molecule has 0 spiro atoms. The number of anilines is 2. The van der Waals surface area contributed by atoms with Crippen molar-refractivity contribution in [1.82, 2.24) is 0 Å². The van der Waals surface area contributed by atoms with Crippen molar-refractivity contribution < 1.29 is 32.2 Å². The zero-order valence-corrected chi connectivity index (χ0v) is 16.9. The van der Waals surface area contributed by atoms with Crippen LogP contribution in [0.2, 0.25) is 0 Å². The van der Waals surface area contributed by atoms with E-state index in [1.165, 1.54) is 36.4 Å². The first-order valence-corrected chi connectivity index (χ1v) is 9.40. The lowest BCUT2D eigenvalue weighted by Crippen LogP contribution is -2.22.